The van der Waals surface area contributed by atoms with Crippen molar-refractivity contribution in [1.82, 2.24) is 25.1 Å². The molecule has 3 aliphatic rings. The third-order valence-corrected chi connectivity index (χ3v) is 9.38. The number of nitrogens with zero attached hydrogens (tertiary/aromatic N) is 5. The van der Waals surface area contributed by atoms with Crippen LogP contribution in [-0.2, 0) is 20.9 Å². The Hall–Kier alpha value is -5.00. The lowest BCUT2D eigenvalue weighted by molar-refractivity contribution is -0.139. The van der Waals surface area contributed by atoms with Gasteiger partial charge in [-0.15, -0.1) is 0 Å². The second kappa shape index (κ2) is 13.4. The van der Waals surface area contributed by atoms with Gasteiger partial charge in [0.25, 0.3) is 5.91 Å². The Kier molecular flexibility index (Phi) is 9.10. The minimum atomic E-state index is -0.819. The van der Waals surface area contributed by atoms with Gasteiger partial charge in [-0.1, -0.05) is 74.5 Å². The van der Waals surface area contributed by atoms with Crippen LogP contribution in [0.15, 0.2) is 66.7 Å². The topological polar surface area (TPSA) is 145 Å². The van der Waals surface area contributed by atoms with Gasteiger partial charge in [0, 0.05) is 50.4 Å². The number of amides is 3. The van der Waals surface area contributed by atoms with E-state index in [2.05, 4.69) is 10.3 Å². The van der Waals surface area contributed by atoms with Gasteiger partial charge < -0.3 is 29.9 Å². The van der Waals surface area contributed by atoms with Gasteiger partial charge >= 0.3 is 12.1 Å². The van der Waals surface area contributed by atoms with Crippen molar-refractivity contribution in [3.8, 4) is 11.4 Å². The van der Waals surface area contributed by atoms with Gasteiger partial charge in [-0.2, -0.15) is 0 Å². The quantitative estimate of drug-likeness (QED) is 0.359. The van der Waals surface area contributed by atoms with Crippen molar-refractivity contribution < 1.29 is 29.0 Å². The SMILES string of the molecule is CC(C)[C@H](NC(=O)c1cc(N2CC3C(C2)C3C(=O)O)nc(-c2ccccc2)n1)C(=O)N1CCN(C(=O)OCc2ccccc2)[C@H](C)C1. The summed E-state index contributed by atoms with van der Waals surface area (Å²) >= 11 is 0. The van der Waals surface area contributed by atoms with Gasteiger partial charge in [-0.05, 0) is 30.2 Å². The average molecular weight is 641 g/mol. The van der Waals surface area contributed by atoms with E-state index in [9.17, 15) is 24.3 Å². The summed E-state index contributed by atoms with van der Waals surface area (Å²) in [6.07, 6.45) is -0.426. The number of fused-ring (bicyclic) bond motifs is 1. The van der Waals surface area contributed by atoms with E-state index in [4.69, 9.17) is 9.72 Å². The molecule has 0 spiro atoms. The molecule has 2 saturated heterocycles. The molecule has 2 aromatic carbocycles. The van der Waals surface area contributed by atoms with Crippen molar-refractivity contribution in [3.63, 3.8) is 0 Å². The molecule has 2 N–H and O–H groups in total. The van der Waals surface area contributed by atoms with E-state index in [1.807, 2.05) is 86.3 Å². The van der Waals surface area contributed by atoms with Crippen LogP contribution in [0.1, 0.15) is 36.8 Å². The molecule has 3 fully saturated rings. The second-order valence-corrected chi connectivity index (χ2v) is 13.0. The van der Waals surface area contributed by atoms with Gasteiger partial charge in [-0.3, -0.25) is 14.4 Å². The minimum Gasteiger partial charge on any atom is -0.481 e. The number of nitrogens with one attached hydrogen (secondary N) is 1. The smallest absolute Gasteiger partial charge is 0.410 e. The minimum absolute atomic E-state index is 0.0661. The zero-order valence-corrected chi connectivity index (χ0v) is 26.8. The highest BCUT2D eigenvalue weighted by Gasteiger charge is 2.60. The summed E-state index contributed by atoms with van der Waals surface area (Å²) < 4.78 is 5.52. The first-order valence-corrected chi connectivity index (χ1v) is 16.1. The van der Waals surface area contributed by atoms with Crippen molar-refractivity contribution in [1.29, 1.82) is 0 Å². The molecular formula is C35H40N6O6. The molecule has 1 aromatic heterocycles. The number of carbonyl (C=O) groups is 4. The second-order valence-electron chi connectivity index (χ2n) is 13.0. The van der Waals surface area contributed by atoms with Crippen LogP contribution in [0.5, 0.6) is 0 Å². The fourth-order valence-corrected chi connectivity index (χ4v) is 6.67. The first-order valence-electron chi connectivity index (χ1n) is 16.1. The number of carbonyl (C=O) groups excluding carboxylic acids is 3. The van der Waals surface area contributed by atoms with E-state index in [0.717, 1.165) is 11.1 Å². The Morgan fingerprint density at radius 2 is 1.60 bits per heavy atom. The largest absolute Gasteiger partial charge is 0.481 e. The van der Waals surface area contributed by atoms with Gasteiger partial charge in [0.05, 0.1) is 5.92 Å². The maximum Gasteiger partial charge on any atom is 0.410 e. The number of piperidine rings is 1. The summed E-state index contributed by atoms with van der Waals surface area (Å²) in [5.41, 5.74) is 1.76. The number of hydrogen-bond acceptors (Lipinski definition) is 8. The Labute approximate surface area is 273 Å². The van der Waals surface area contributed by atoms with E-state index in [-0.39, 0.29) is 47.9 Å². The fraction of sp³-hybridized carbons (Fsp3) is 0.429. The Bertz CT molecular complexity index is 1620. The fourth-order valence-electron chi connectivity index (χ4n) is 6.67. The highest BCUT2D eigenvalue weighted by Crippen LogP contribution is 2.52. The molecule has 47 heavy (non-hydrogen) atoms. The molecule has 12 heteroatoms. The number of anilines is 1. The van der Waals surface area contributed by atoms with E-state index in [1.165, 1.54) is 0 Å². The third-order valence-electron chi connectivity index (χ3n) is 9.38. The first-order chi connectivity index (χ1) is 22.6. The Balaban J connectivity index is 1.13. The number of carboxylic acid groups (broad SMARTS) is 1. The van der Waals surface area contributed by atoms with E-state index < -0.39 is 24.0 Å². The Morgan fingerprint density at radius 3 is 2.21 bits per heavy atom. The van der Waals surface area contributed by atoms with Crippen LogP contribution in [0, 0.1) is 23.7 Å². The Morgan fingerprint density at radius 1 is 0.936 bits per heavy atom. The van der Waals surface area contributed by atoms with Crippen LogP contribution >= 0.6 is 0 Å². The number of carboxylic acids is 1. The normalized spacial score (nSPS) is 22.4. The maximum absolute atomic E-state index is 13.8. The molecule has 1 saturated carbocycles. The molecule has 246 valence electrons. The average Bonchev–Trinajstić information content (AvgIpc) is 3.60. The predicted molar refractivity (Wildman–Crippen MR) is 173 cm³/mol. The summed E-state index contributed by atoms with van der Waals surface area (Å²) in [7, 11) is 0. The van der Waals surface area contributed by atoms with Gasteiger partial charge in [0.2, 0.25) is 5.91 Å². The number of rotatable bonds is 9. The molecule has 3 heterocycles. The standard InChI is InChI=1S/C35H40N6O6/c1-21(2)30(33(43)39-14-15-41(22(3)17-39)35(46)47-20-23-10-6-4-7-11-23)38-32(42)27-16-28(37-31(36-27)24-12-8-5-9-13-24)40-18-25-26(19-40)29(25)34(44)45/h4-13,16,21-22,25-26,29-30H,14-15,17-20H2,1-3H3,(H,38,42)(H,44,45)/t22-,25?,26?,29?,30+/m1/s1. The summed E-state index contributed by atoms with van der Waals surface area (Å²) in [4.78, 5) is 66.6. The summed E-state index contributed by atoms with van der Waals surface area (Å²) in [5.74, 6) is -0.979. The first kappa shape index (κ1) is 32.0. The van der Waals surface area contributed by atoms with Crippen LogP contribution in [0.4, 0.5) is 10.6 Å². The van der Waals surface area contributed by atoms with Crippen molar-refractivity contribution in [2.24, 2.45) is 23.7 Å². The summed E-state index contributed by atoms with van der Waals surface area (Å²) in [6.45, 7) is 7.83. The molecule has 0 bridgehead atoms. The van der Waals surface area contributed by atoms with Crippen LogP contribution in [0.25, 0.3) is 11.4 Å². The molecule has 1 aliphatic carbocycles. The van der Waals surface area contributed by atoms with Crippen molar-refractivity contribution in [3.05, 3.63) is 78.0 Å². The van der Waals surface area contributed by atoms with Crippen LogP contribution in [0.3, 0.4) is 0 Å². The predicted octanol–water partition coefficient (Wildman–Crippen LogP) is 3.53. The molecule has 6 rings (SSSR count). The number of aliphatic carboxylic acids is 1. The van der Waals surface area contributed by atoms with Crippen molar-refractivity contribution in [2.75, 3.05) is 37.6 Å². The zero-order chi connectivity index (χ0) is 33.2. The number of ether oxygens (including phenoxy) is 1. The molecule has 3 aromatic rings. The van der Waals surface area contributed by atoms with Crippen molar-refractivity contribution in [2.45, 2.75) is 39.5 Å². The highest BCUT2D eigenvalue weighted by molar-refractivity contribution is 5.97. The van der Waals surface area contributed by atoms with E-state index >= 15 is 0 Å². The molecule has 2 aliphatic heterocycles. The highest BCUT2D eigenvalue weighted by atomic mass is 16.6. The number of hydrogen-bond donors (Lipinski definition) is 2. The lowest BCUT2D eigenvalue weighted by Gasteiger charge is -2.40. The third kappa shape index (κ3) is 6.91. The van der Waals surface area contributed by atoms with Crippen LogP contribution in [0.2, 0.25) is 0 Å². The molecule has 4 atom stereocenters. The summed E-state index contributed by atoms with van der Waals surface area (Å²) in [6, 6.07) is 19.3. The summed E-state index contributed by atoms with van der Waals surface area (Å²) in [5, 5.41) is 12.4. The molecule has 2 unspecified atom stereocenters. The monoisotopic (exact) mass is 640 g/mol. The van der Waals surface area contributed by atoms with Gasteiger partial charge in [0.1, 0.15) is 24.2 Å². The molecule has 0 radical (unpaired) electrons. The van der Waals surface area contributed by atoms with Crippen molar-refractivity contribution >= 4 is 29.7 Å². The molecule has 3 amide bonds. The lowest BCUT2D eigenvalue weighted by Crippen LogP contribution is -2.60. The lowest BCUT2D eigenvalue weighted by atomic mass is 10.0. The number of piperazine rings is 1. The number of benzene rings is 2. The number of aromatic nitrogens is 2. The van der Waals surface area contributed by atoms with Crippen LogP contribution in [-0.4, -0.2) is 93.6 Å². The van der Waals surface area contributed by atoms with Gasteiger partial charge in [0.15, 0.2) is 5.82 Å². The van der Waals surface area contributed by atoms with E-state index in [1.54, 1.807) is 15.9 Å². The maximum atomic E-state index is 13.8. The molecular weight excluding hydrogens is 600 g/mol. The van der Waals surface area contributed by atoms with Crippen LogP contribution < -0.4 is 10.2 Å². The molecule has 12 nitrogen and oxygen atoms in total. The van der Waals surface area contributed by atoms with E-state index in [0.29, 0.717) is 44.4 Å². The zero-order valence-electron chi connectivity index (χ0n) is 26.8. The van der Waals surface area contributed by atoms with Gasteiger partial charge in [-0.25, -0.2) is 14.8 Å².